The van der Waals surface area contributed by atoms with Crippen LogP contribution < -0.4 is 5.32 Å². The number of aliphatic carboxylic acids is 1. The molecule has 2 unspecified atom stereocenters. The zero-order valence-corrected chi connectivity index (χ0v) is 11.9. The van der Waals surface area contributed by atoms with E-state index in [2.05, 4.69) is 15.3 Å². The van der Waals surface area contributed by atoms with E-state index in [1.807, 2.05) is 6.92 Å². The van der Waals surface area contributed by atoms with Gasteiger partial charge in [0.25, 0.3) is 0 Å². The third kappa shape index (κ3) is 3.94. The maximum absolute atomic E-state index is 12.3. The van der Waals surface area contributed by atoms with Gasteiger partial charge in [-0.05, 0) is 6.42 Å². The van der Waals surface area contributed by atoms with E-state index < -0.39 is 12.0 Å². The minimum atomic E-state index is -1.07. The molecule has 0 aromatic carbocycles. The summed E-state index contributed by atoms with van der Waals surface area (Å²) in [6, 6.07) is -1.37. The third-order valence-electron chi connectivity index (χ3n) is 3.53. The molecule has 1 fully saturated rings. The quantitative estimate of drug-likeness (QED) is 0.720. The van der Waals surface area contributed by atoms with E-state index in [0.29, 0.717) is 25.5 Å². The molecule has 116 valence electrons. The molecule has 3 N–H and O–H groups in total. The Bertz CT molecular complexity index is 477. The molecule has 0 bridgehead atoms. The topological polar surface area (TPSA) is 108 Å². The minimum Gasteiger partial charge on any atom is -0.480 e. The Morgan fingerprint density at radius 2 is 2.48 bits per heavy atom. The van der Waals surface area contributed by atoms with E-state index >= 15 is 0 Å². The van der Waals surface area contributed by atoms with Crippen molar-refractivity contribution in [3.63, 3.8) is 0 Å². The Hall–Kier alpha value is -2.09. The average Bonchev–Trinajstić information content (AvgIpc) is 2.99. The summed E-state index contributed by atoms with van der Waals surface area (Å²) in [6.07, 6.45) is 3.96. The summed E-state index contributed by atoms with van der Waals surface area (Å²) in [5.41, 5.74) is 0.664. The fourth-order valence-corrected chi connectivity index (χ4v) is 2.31. The Morgan fingerprint density at radius 3 is 3.10 bits per heavy atom. The first-order valence-corrected chi connectivity index (χ1v) is 6.96. The van der Waals surface area contributed by atoms with Gasteiger partial charge in [-0.25, -0.2) is 14.6 Å². The van der Waals surface area contributed by atoms with Gasteiger partial charge in [0, 0.05) is 24.9 Å². The number of hydrogen-bond donors (Lipinski definition) is 3. The van der Waals surface area contributed by atoms with Crippen molar-refractivity contribution in [1.82, 2.24) is 20.2 Å². The van der Waals surface area contributed by atoms with Crippen LogP contribution in [-0.4, -0.2) is 63.8 Å². The van der Waals surface area contributed by atoms with E-state index in [1.165, 1.54) is 6.33 Å². The van der Waals surface area contributed by atoms with E-state index in [-0.39, 0.29) is 18.5 Å². The second-order valence-electron chi connectivity index (χ2n) is 4.95. The van der Waals surface area contributed by atoms with Gasteiger partial charge >= 0.3 is 12.0 Å². The molecule has 0 saturated carbocycles. The summed E-state index contributed by atoms with van der Waals surface area (Å²) in [5.74, 6) is -1.07. The van der Waals surface area contributed by atoms with Gasteiger partial charge in [-0.1, -0.05) is 6.92 Å². The van der Waals surface area contributed by atoms with Crippen molar-refractivity contribution >= 4 is 12.0 Å². The zero-order chi connectivity index (χ0) is 15.2. The van der Waals surface area contributed by atoms with Crippen LogP contribution in [0.1, 0.15) is 19.0 Å². The maximum Gasteiger partial charge on any atom is 0.326 e. The molecule has 8 heteroatoms. The number of nitrogens with one attached hydrogen (secondary N) is 2. The zero-order valence-electron chi connectivity index (χ0n) is 11.9. The van der Waals surface area contributed by atoms with Crippen LogP contribution in [0.25, 0.3) is 0 Å². The number of imidazole rings is 1. The molecule has 2 heterocycles. The van der Waals surface area contributed by atoms with Gasteiger partial charge in [0.05, 0.1) is 25.6 Å². The number of aromatic amines is 1. The first-order valence-electron chi connectivity index (χ1n) is 6.96. The highest BCUT2D eigenvalue weighted by atomic mass is 16.5. The van der Waals surface area contributed by atoms with Gasteiger partial charge in [-0.3, -0.25) is 0 Å². The lowest BCUT2D eigenvalue weighted by Crippen LogP contribution is -2.55. The van der Waals surface area contributed by atoms with Crippen molar-refractivity contribution in [3.8, 4) is 0 Å². The van der Waals surface area contributed by atoms with Gasteiger partial charge in [0.1, 0.15) is 6.04 Å². The smallest absolute Gasteiger partial charge is 0.326 e. The number of carboxylic acid groups (broad SMARTS) is 1. The minimum absolute atomic E-state index is 0.0136. The number of nitrogens with zero attached hydrogens (tertiary/aromatic N) is 2. The van der Waals surface area contributed by atoms with E-state index in [9.17, 15) is 14.7 Å². The van der Waals surface area contributed by atoms with Crippen LogP contribution in [0.4, 0.5) is 4.79 Å². The van der Waals surface area contributed by atoms with Crippen LogP contribution in [0, 0.1) is 0 Å². The van der Waals surface area contributed by atoms with Gasteiger partial charge in [-0.15, -0.1) is 0 Å². The number of carbonyl (C=O) groups excluding carboxylic acids is 1. The number of morpholine rings is 1. The lowest BCUT2D eigenvalue weighted by Gasteiger charge is -2.35. The fourth-order valence-electron chi connectivity index (χ4n) is 2.31. The number of rotatable bonds is 5. The van der Waals surface area contributed by atoms with E-state index in [0.717, 1.165) is 6.42 Å². The lowest BCUT2D eigenvalue weighted by atomic mass is 10.1. The molecule has 1 aliphatic rings. The molecule has 2 amide bonds. The van der Waals surface area contributed by atoms with E-state index in [4.69, 9.17) is 4.74 Å². The average molecular weight is 296 g/mol. The number of amides is 2. The number of ether oxygens (including phenoxy) is 1. The molecule has 1 aromatic heterocycles. The number of urea groups is 1. The van der Waals surface area contributed by atoms with Gasteiger partial charge in [-0.2, -0.15) is 0 Å². The van der Waals surface area contributed by atoms with Crippen LogP contribution in [-0.2, 0) is 16.0 Å². The Kier molecular flexibility index (Phi) is 5.15. The standard InChI is InChI=1S/C13H20N4O4/c1-2-10-7-21-4-3-17(10)13(20)16-11(12(18)19)5-9-6-14-8-15-9/h6,8,10-11H,2-5,7H2,1H3,(H,14,15)(H,16,20)(H,18,19). The second kappa shape index (κ2) is 7.07. The molecule has 0 spiro atoms. The Balaban J connectivity index is 1.98. The van der Waals surface area contributed by atoms with Crippen LogP contribution in [0.5, 0.6) is 0 Å². The molecule has 1 aromatic rings. The van der Waals surface area contributed by atoms with Crippen molar-refractivity contribution in [3.05, 3.63) is 18.2 Å². The molecule has 0 aliphatic carbocycles. The predicted molar refractivity (Wildman–Crippen MR) is 73.9 cm³/mol. The highest BCUT2D eigenvalue weighted by Crippen LogP contribution is 2.11. The molecule has 2 rings (SSSR count). The first-order chi connectivity index (χ1) is 10.1. The van der Waals surface area contributed by atoms with Gasteiger partial charge in [0.15, 0.2) is 0 Å². The largest absolute Gasteiger partial charge is 0.480 e. The number of hydrogen-bond acceptors (Lipinski definition) is 4. The number of aromatic nitrogens is 2. The van der Waals surface area contributed by atoms with Crippen LogP contribution in [0.15, 0.2) is 12.5 Å². The summed E-state index contributed by atoms with van der Waals surface area (Å²) >= 11 is 0. The normalized spacial score (nSPS) is 20.0. The fraction of sp³-hybridized carbons (Fsp3) is 0.615. The Morgan fingerprint density at radius 1 is 1.67 bits per heavy atom. The van der Waals surface area contributed by atoms with Crippen molar-refractivity contribution in [1.29, 1.82) is 0 Å². The van der Waals surface area contributed by atoms with Crippen molar-refractivity contribution in [2.24, 2.45) is 0 Å². The van der Waals surface area contributed by atoms with E-state index in [1.54, 1.807) is 11.1 Å². The first kappa shape index (κ1) is 15.3. The Labute approximate surface area is 122 Å². The summed E-state index contributed by atoms with van der Waals surface area (Å²) in [5, 5.41) is 11.8. The number of H-pyrrole nitrogens is 1. The molecule has 1 saturated heterocycles. The molecule has 2 atom stereocenters. The summed E-state index contributed by atoms with van der Waals surface area (Å²) < 4.78 is 5.34. The molecular formula is C13H20N4O4. The van der Waals surface area contributed by atoms with Crippen molar-refractivity contribution in [2.75, 3.05) is 19.8 Å². The van der Waals surface area contributed by atoms with Gasteiger partial charge in [0.2, 0.25) is 0 Å². The maximum atomic E-state index is 12.3. The highest BCUT2D eigenvalue weighted by molar-refractivity contribution is 5.83. The monoisotopic (exact) mass is 296 g/mol. The summed E-state index contributed by atoms with van der Waals surface area (Å²) in [4.78, 5) is 31.9. The molecule has 0 radical (unpaired) electrons. The SMILES string of the molecule is CCC1COCCN1C(=O)NC(Cc1cnc[nH]1)C(=O)O. The summed E-state index contributed by atoms with van der Waals surface area (Å²) in [6.45, 7) is 3.41. The number of carbonyl (C=O) groups is 2. The molecule has 8 nitrogen and oxygen atoms in total. The second-order valence-corrected chi connectivity index (χ2v) is 4.95. The van der Waals surface area contributed by atoms with Crippen LogP contribution in [0.3, 0.4) is 0 Å². The highest BCUT2D eigenvalue weighted by Gasteiger charge is 2.29. The molecule has 21 heavy (non-hydrogen) atoms. The van der Waals surface area contributed by atoms with Crippen LogP contribution in [0.2, 0.25) is 0 Å². The van der Waals surface area contributed by atoms with Crippen LogP contribution >= 0.6 is 0 Å². The molecule has 1 aliphatic heterocycles. The van der Waals surface area contributed by atoms with Crippen molar-refractivity contribution < 1.29 is 19.4 Å². The van der Waals surface area contributed by atoms with Crippen molar-refractivity contribution in [2.45, 2.75) is 31.8 Å². The van der Waals surface area contributed by atoms with Gasteiger partial charge < -0.3 is 25.0 Å². The lowest BCUT2D eigenvalue weighted by molar-refractivity contribution is -0.139. The third-order valence-corrected chi connectivity index (χ3v) is 3.53. The molecular weight excluding hydrogens is 276 g/mol. The summed E-state index contributed by atoms with van der Waals surface area (Å²) in [7, 11) is 0. The number of carboxylic acids is 1. The predicted octanol–water partition coefficient (Wildman–Crippen LogP) is 0.226.